The Kier molecular flexibility index (Phi) is 5.49. The fourth-order valence-electron chi connectivity index (χ4n) is 1.48. The molecule has 0 unspecified atom stereocenters. The van der Waals surface area contributed by atoms with Crippen molar-refractivity contribution in [2.75, 3.05) is 18.4 Å². The van der Waals surface area contributed by atoms with Gasteiger partial charge in [0.2, 0.25) is 0 Å². The van der Waals surface area contributed by atoms with E-state index >= 15 is 0 Å². The van der Waals surface area contributed by atoms with Crippen LogP contribution in [0.25, 0.3) is 0 Å². The number of alkyl halides is 1. The van der Waals surface area contributed by atoms with Gasteiger partial charge in [-0.15, -0.1) is 0 Å². The summed E-state index contributed by atoms with van der Waals surface area (Å²) >= 11 is 6.78. The highest BCUT2D eigenvalue weighted by Crippen LogP contribution is 2.20. The maximum atomic E-state index is 12.2. The smallest absolute Gasteiger partial charge is 0.255 e. The Morgan fingerprint density at radius 3 is 2.69 bits per heavy atom. The summed E-state index contributed by atoms with van der Waals surface area (Å²) < 4.78 is 0.858. The molecule has 0 aliphatic heterocycles. The van der Waals surface area contributed by atoms with E-state index in [1.165, 1.54) is 0 Å². The van der Waals surface area contributed by atoms with E-state index in [2.05, 4.69) is 31.9 Å². The van der Waals surface area contributed by atoms with Crippen LogP contribution in [-0.4, -0.2) is 29.2 Å². The number of nitrogens with zero attached hydrogens (tertiary/aromatic N) is 1. The summed E-state index contributed by atoms with van der Waals surface area (Å²) in [7, 11) is 0. The highest BCUT2D eigenvalue weighted by molar-refractivity contribution is 9.10. The molecule has 0 radical (unpaired) electrons. The monoisotopic (exact) mass is 347 g/mol. The Labute approximate surface area is 113 Å². The summed E-state index contributed by atoms with van der Waals surface area (Å²) in [5.41, 5.74) is 1.84. The van der Waals surface area contributed by atoms with E-state index < -0.39 is 0 Å². The summed E-state index contributed by atoms with van der Waals surface area (Å²) in [5.74, 6) is 0.0810. The van der Waals surface area contributed by atoms with Crippen LogP contribution in [0.1, 0.15) is 22.8 Å². The Balaban J connectivity index is 2.98. The second kappa shape index (κ2) is 6.40. The molecule has 0 bridgehead atoms. The van der Waals surface area contributed by atoms with E-state index in [1.807, 2.05) is 36.9 Å². The highest BCUT2D eigenvalue weighted by atomic mass is 79.9. The molecule has 0 aromatic heterocycles. The zero-order valence-corrected chi connectivity index (χ0v) is 12.6. The van der Waals surface area contributed by atoms with E-state index in [0.29, 0.717) is 0 Å². The van der Waals surface area contributed by atoms with Crippen molar-refractivity contribution >= 4 is 37.8 Å². The predicted octanol–water partition coefficient (Wildman–Crippen LogP) is 3.61. The molecule has 16 heavy (non-hydrogen) atoms. The average molecular weight is 349 g/mol. The molecule has 0 spiro atoms. The molecular formula is C12H15Br2NO. The fraction of sp³-hybridized carbons (Fsp3) is 0.417. The molecule has 1 amide bonds. The minimum absolute atomic E-state index is 0.0810. The molecule has 0 fully saturated rings. The lowest BCUT2D eigenvalue weighted by Crippen LogP contribution is -2.32. The van der Waals surface area contributed by atoms with Gasteiger partial charge >= 0.3 is 0 Å². The Morgan fingerprint density at radius 1 is 1.44 bits per heavy atom. The van der Waals surface area contributed by atoms with Crippen molar-refractivity contribution in [2.24, 2.45) is 0 Å². The maximum absolute atomic E-state index is 12.2. The van der Waals surface area contributed by atoms with Crippen LogP contribution >= 0.6 is 31.9 Å². The Hall–Kier alpha value is -0.350. The molecule has 4 heteroatoms. The topological polar surface area (TPSA) is 20.3 Å². The second-order valence-electron chi connectivity index (χ2n) is 3.56. The number of carbonyl (C=O) groups excluding carboxylic acids is 1. The number of aryl methyl sites for hydroxylation is 1. The molecule has 0 aliphatic rings. The molecule has 1 aromatic rings. The van der Waals surface area contributed by atoms with Crippen LogP contribution in [0.5, 0.6) is 0 Å². The van der Waals surface area contributed by atoms with Crippen LogP contribution in [0.15, 0.2) is 22.7 Å². The Morgan fingerprint density at radius 2 is 2.12 bits per heavy atom. The minimum atomic E-state index is 0.0810. The lowest BCUT2D eigenvalue weighted by Gasteiger charge is -2.20. The molecule has 0 aliphatic carbocycles. The van der Waals surface area contributed by atoms with Gasteiger partial charge < -0.3 is 4.90 Å². The summed E-state index contributed by atoms with van der Waals surface area (Å²) in [5, 5.41) is 0.802. The highest BCUT2D eigenvalue weighted by Gasteiger charge is 2.16. The van der Waals surface area contributed by atoms with Crippen LogP contribution in [0, 0.1) is 6.92 Å². The number of halogens is 2. The van der Waals surface area contributed by atoms with Crippen LogP contribution in [0.4, 0.5) is 0 Å². The molecule has 0 N–H and O–H groups in total. The molecule has 0 saturated carbocycles. The first-order valence-electron chi connectivity index (χ1n) is 5.21. The molecule has 1 rings (SSSR count). The SMILES string of the molecule is CCN(CCBr)C(=O)c1cc(C)ccc1Br. The maximum Gasteiger partial charge on any atom is 0.255 e. The number of hydrogen-bond donors (Lipinski definition) is 0. The lowest BCUT2D eigenvalue weighted by molar-refractivity contribution is 0.0774. The third-order valence-corrected chi connectivity index (χ3v) is 3.42. The van der Waals surface area contributed by atoms with E-state index in [1.54, 1.807) is 0 Å². The van der Waals surface area contributed by atoms with Gasteiger partial charge in [0, 0.05) is 22.9 Å². The second-order valence-corrected chi connectivity index (χ2v) is 5.20. The summed E-state index contributed by atoms with van der Waals surface area (Å²) in [4.78, 5) is 14.0. The first-order chi connectivity index (χ1) is 7.60. The molecule has 88 valence electrons. The van der Waals surface area contributed by atoms with Gasteiger partial charge in [-0.1, -0.05) is 27.6 Å². The van der Waals surface area contributed by atoms with E-state index in [0.717, 1.165) is 34.0 Å². The fourth-order valence-corrected chi connectivity index (χ4v) is 2.32. The summed E-state index contributed by atoms with van der Waals surface area (Å²) in [6.45, 7) is 5.44. The average Bonchev–Trinajstić information content (AvgIpc) is 2.28. The van der Waals surface area contributed by atoms with Crippen molar-refractivity contribution in [3.8, 4) is 0 Å². The van der Waals surface area contributed by atoms with Crippen LogP contribution in [0.3, 0.4) is 0 Å². The number of hydrogen-bond acceptors (Lipinski definition) is 1. The molecule has 0 saturated heterocycles. The summed E-state index contributed by atoms with van der Waals surface area (Å²) in [6.07, 6.45) is 0. The standard InChI is InChI=1S/C12H15Br2NO/c1-3-15(7-6-13)12(16)10-8-9(2)4-5-11(10)14/h4-5,8H,3,6-7H2,1-2H3. The zero-order valence-electron chi connectivity index (χ0n) is 9.46. The van der Waals surface area contributed by atoms with Crippen molar-refractivity contribution in [1.82, 2.24) is 4.90 Å². The number of benzene rings is 1. The lowest BCUT2D eigenvalue weighted by atomic mass is 10.1. The van der Waals surface area contributed by atoms with Crippen molar-refractivity contribution in [3.05, 3.63) is 33.8 Å². The van der Waals surface area contributed by atoms with Crippen molar-refractivity contribution in [1.29, 1.82) is 0 Å². The normalized spacial score (nSPS) is 10.2. The first kappa shape index (κ1) is 13.7. The van der Waals surface area contributed by atoms with Crippen LogP contribution in [0.2, 0.25) is 0 Å². The quantitative estimate of drug-likeness (QED) is 0.761. The zero-order chi connectivity index (χ0) is 12.1. The number of amides is 1. The molecule has 2 nitrogen and oxygen atoms in total. The molecule has 0 atom stereocenters. The van der Waals surface area contributed by atoms with Gasteiger partial charge in [-0.05, 0) is 41.9 Å². The van der Waals surface area contributed by atoms with Crippen LogP contribution in [-0.2, 0) is 0 Å². The molecular weight excluding hydrogens is 334 g/mol. The number of rotatable bonds is 4. The third kappa shape index (κ3) is 3.32. The van der Waals surface area contributed by atoms with Crippen molar-refractivity contribution in [2.45, 2.75) is 13.8 Å². The van der Waals surface area contributed by atoms with Gasteiger partial charge in [-0.3, -0.25) is 4.79 Å². The first-order valence-corrected chi connectivity index (χ1v) is 7.13. The van der Waals surface area contributed by atoms with Crippen molar-refractivity contribution < 1.29 is 4.79 Å². The molecule has 1 aromatic carbocycles. The minimum Gasteiger partial charge on any atom is -0.338 e. The van der Waals surface area contributed by atoms with Gasteiger partial charge in [0.15, 0.2) is 0 Å². The third-order valence-electron chi connectivity index (χ3n) is 2.38. The van der Waals surface area contributed by atoms with Gasteiger partial charge in [0.05, 0.1) is 5.56 Å². The molecule has 0 heterocycles. The van der Waals surface area contributed by atoms with E-state index in [9.17, 15) is 4.79 Å². The number of carbonyl (C=O) groups is 1. The van der Waals surface area contributed by atoms with Gasteiger partial charge in [0.1, 0.15) is 0 Å². The largest absolute Gasteiger partial charge is 0.338 e. The van der Waals surface area contributed by atoms with E-state index in [4.69, 9.17) is 0 Å². The van der Waals surface area contributed by atoms with Gasteiger partial charge in [-0.2, -0.15) is 0 Å². The van der Waals surface area contributed by atoms with Gasteiger partial charge in [-0.25, -0.2) is 0 Å². The van der Waals surface area contributed by atoms with Gasteiger partial charge in [0.25, 0.3) is 5.91 Å². The predicted molar refractivity (Wildman–Crippen MR) is 74.3 cm³/mol. The van der Waals surface area contributed by atoms with Crippen molar-refractivity contribution in [3.63, 3.8) is 0 Å². The Bertz CT molecular complexity index is 379. The van der Waals surface area contributed by atoms with Crippen LogP contribution < -0.4 is 0 Å². The van der Waals surface area contributed by atoms with E-state index in [-0.39, 0.29) is 5.91 Å². The summed E-state index contributed by atoms with van der Waals surface area (Å²) in [6, 6.07) is 5.83.